The van der Waals surface area contributed by atoms with Crippen LogP contribution in [0.25, 0.3) is 0 Å². The molecule has 0 aromatic heterocycles. The zero-order chi connectivity index (χ0) is 10.6. The van der Waals surface area contributed by atoms with Crippen LogP contribution in [0.15, 0.2) is 0 Å². The number of carbonyl (C=O) groups excluding carboxylic acids is 1. The Morgan fingerprint density at radius 2 is 2.36 bits per heavy atom. The van der Waals surface area contributed by atoms with Gasteiger partial charge < -0.3 is 20.5 Å². The van der Waals surface area contributed by atoms with Crippen LogP contribution in [0, 0.1) is 0 Å². The van der Waals surface area contributed by atoms with E-state index in [0.29, 0.717) is 13.2 Å². The van der Waals surface area contributed by atoms with Crippen molar-refractivity contribution < 1.29 is 14.6 Å². The summed E-state index contributed by atoms with van der Waals surface area (Å²) in [5, 5.41) is 15.5. The number of hydrogen-bond donors (Lipinski definition) is 4. The number of nitrogens with two attached hydrogens (primary N) is 1. The maximum atomic E-state index is 10.8. The van der Waals surface area contributed by atoms with Gasteiger partial charge in [0.1, 0.15) is 6.17 Å². The lowest BCUT2D eigenvalue weighted by molar-refractivity contribution is 0.0443. The highest BCUT2D eigenvalue weighted by atomic mass is 16.5. The summed E-state index contributed by atoms with van der Waals surface area (Å²) in [6, 6.07) is -0.412. The highest BCUT2D eigenvalue weighted by molar-refractivity contribution is 5.76. The quantitative estimate of drug-likeness (QED) is 0.239. The van der Waals surface area contributed by atoms with Gasteiger partial charge in [0.25, 0.3) is 0 Å². The van der Waals surface area contributed by atoms with Crippen molar-refractivity contribution in [2.45, 2.75) is 18.8 Å². The summed E-state index contributed by atoms with van der Waals surface area (Å²) < 4.78 is 4.86. The average molecular weight is 204 g/mol. The van der Waals surface area contributed by atoms with Crippen molar-refractivity contribution in [1.82, 2.24) is 15.6 Å². The van der Waals surface area contributed by atoms with Gasteiger partial charge in [-0.1, -0.05) is 0 Å². The summed E-state index contributed by atoms with van der Waals surface area (Å²) in [4.78, 5) is 10.8. The average Bonchev–Trinajstić information content (AvgIpc) is 2.45. The molecule has 0 aromatic carbocycles. The molecule has 2 atom stereocenters. The second-order valence-electron chi connectivity index (χ2n) is 3.09. The number of hydrogen-bond acceptors (Lipinski definition) is 5. The summed E-state index contributed by atoms with van der Waals surface area (Å²) in [7, 11) is 1.61. The molecule has 1 heterocycles. The molecule has 1 aliphatic heterocycles. The zero-order valence-corrected chi connectivity index (χ0v) is 8.06. The number of hydrazine groups is 1. The Morgan fingerprint density at radius 3 is 2.86 bits per heavy atom. The summed E-state index contributed by atoms with van der Waals surface area (Å²) >= 11 is 0. The number of ether oxygens (including phenoxy) is 1. The Hall–Kier alpha value is -0.890. The number of aliphatic hydroxyl groups is 1. The first-order chi connectivity index (χ1) is 6.65. The van der Waals surface area contributed by atoms with Gasteiger partial charge in [-0.3, -0.25) is 5.84 Å². The van der Waals surface area contributed by atoms with E-state index in [1.807, 2.05) is 0 Å². The molecule has 1 fully saturated rings. The molecule has 82 valence electrons. The molecule has 1 saturated heterocycles. The summed E-state index contributed by atoms with van der Waals surface area (Å²) in [5.41, 5.74) is 0. The molecule has 1 rings (SSSR count). The van der Waals surface area contributed by atoms with E-state index in [9.17, 15) is 9.90 Å². The summed E-state index contributed by atoms with van der Waals surface area (Å²) in [5.74, 6) is 5.64. The third-order valence-corrected chi connectivity index (χ3v) is 1.98. The van der Waals surface area contributed by atoms with Gasteiger partial charge in [-0.05, 0) is 6.42 Å². The molecule has 1 aliphatic rings. The fraction of sp³-hybridized carbons (Fsp3) is 0.857. The van der Waals surface area contributed by atoms with Crippen LogP contribution in [-0.4, -0.2) is 48.8 Å². The molecule has 2 amide bonds. The number of aliphatic hydroxyl groups excluding tert-OH is 1. The molecule has 5 N–H and O–H groups in total. The number of amides is 2. The molecule has 7 nitrogen and oxygen atoms in total. The van der Waals surface area contributed by atoms with Gasteiger partial charge in [0.15, 0.2) is 6.23 Å². The second kappa shape index (κ2) is 5.11. The zero-order valence-electron chi connectivity index (χ0n) is 8.06. The number of nitrogens with one attached hydrogen (secondary N) is 2. The molecule has 0 bridgehead atoms. The van der Waals surface area contributed by atoms with Crippen LogP contribution in [0.2, 0.25) is 0 Å². The highest BCUT2D eigenvalue weighted by Gasteiger charge is 2.32. The number of methoxy groups -OCH3 is 1. The molecule has 0 saturated carbocycles. The largest absolute Gasteiger partial charge is 0.385 e. The van der Waals surface area contributed by atoms with Crippen LogP contribution in [0.5, 0.6) is 0 Å². The van der Waals surface area contributed by atoms with E-state index in [2.05, 4.69) is 10.6 Å². The lowest BCUT2D eigenvalue weighted by Gasteiger charge is -2.24. The number of nitrogens with zero attached hydrogens (tertiary/aromatic N) is 1. The SMILES string of the molecule is COCCCN(N)C1NC(=O)NC1O. The predicted octanol–water partition coefficient (Wildman–Crippen LogP) is -1.84. The van der Waals surface area contributed by atoms with Gasteiger partial charge in [-0.2, -0.15) is 0 Å². The van der Waals surface area contributed by atoms with Gasteiger partial charge in [-0.25, -0.2) is 9.80 Å². The van der Waals surface area contributed by atoms with Crippen LogP contribution in [0.3, 0.4) is 0 Å². The first kappa shape index (κ1) is 11.2. The van der Waals surface area contributed by atoms with Crippen LogP contribution in [-0.2, 0) is 4.74 Å². The lowest BCUT2D eigenvalue weighted by atomic mass is 10.4. The molecule has 7 heteroatoms. The van der Waals surface area contributed by atoms with Crippen molar-refractivity contribution in [1.29, 1.82) is 0 Å². The van der Waals surface area contributed by atoms with Crippen molar-refractivity contribution in [3.63, 3.8) is 0 Å². The fourth-order valence-electron chi connectivity index (χ4n) is 1.26. The monoisotopic (exact) mass is 204 g/mol. The normalized spacial score (nSPS) is 26.4. The molecular formula is C7H16N4O3. The molecular weight excluding hydrogens is 188 g/mol. The predicted molar refractivity (Wildman–Crippen MR) is 48.8 cm³/mol. The molecule has 0 radical (unpaired) electrons. The van der Waals surface area contributed by atoms with Crippen molar-refractivity contribution >= 4 is 6.03 Å². The maximum Gasteiger partial charge on any atom is 0.318 e. The standard InChI is InChI=1S/C7H16N4O3/c1-14-4-2-3-11(8)5-6(12)10-7(13)9-5/h5-6,12H,2-4,8H2,1H3,(H2,9,10,13). The number of urea groups is 1. The Balaban J connectivity index is 2.29. The minimum absolute atomic E-state index is 0.412. The molecule has 0 spiro atoms. The number of carbonyl (C=O) groups is 1. The van der Waals surface area contributed by atoms with Crippen molar-refractivity contribution in [3.05, 3.63) is 0 Å². The van der Waals surface area contributed by atoms with Gasteiger partial charge >= 0.3 is 6.03 Å². The van der Waals surface area contributed by atoms with E-state index in [-0.39, 0.29) is 0 Å². The van der Waals surface area contributed by atoms with Crippen molar-refractivity contribution in [2.24, 2.45) is 5.84 Å². The van der Waals surface area contributed by atoms with E-state index < -0.39 is 18.4 Å². The Kier molecular flexibility index (Phi) is 4.08. The van der Waals surface area contributed by atoms with E-state index in [0.717, 1.165) is 6.42 Å². The molecule has 14 heavy (non-hydrogen) atoms. The maximum absolute atomic E-state index is 10.8. The van der Waals surface area contributed by atoms with Crippen LogP contribution in [0.1, 0.15) is 6.42 Å². The Morgan fingerprint density at radius 1 is 1.64 bits per heavy atom. The minimum atomic E-state index is -0.963. The molecule has 2 unspecified atom stereocenters. The van der Waals surface area contributed by atoms with Gasteiger partial charge in [-0.15, -0.1) is 0 Å². The topological polar surface area (TPSA) is 99.9 Å². The molecule has 0 aliphatic carbocycles. The lowest BCUT2D eigenvalue weighted by Crippen LogP contribution is -2.53. The van der Waals surface area contributed by atoms with Gasteiger partial charge in [0, 0.05) is 20.3 Å². The van der Waals surface area contributed by atoms with Crippen LogP contribution in [0.4, 0.5) is 4.79 Å². The van der Waals surface area contributed by atoms with Crippen LogP contribution >= 0.6 is 0 Å². The first-order valence-electron chi connectivity index (χ1n) is 4.40. The van der Waals surface area contributed by atoms with Crippen molar-refractivity contribution in [3.8, 4) is 0 Å². The van der Waals surface area contributed by atoms with E-state index in [1.54, 1.807) is 7.11 Å². The Labute approximate surface area is 82.2 Å². The first-order valence-corrected chi connectivity index (χ1v) is 4.40. The smallest absolute Gasteiger partial charge is 0.318 e. The summed E-state index contributed by atoms with van der Waals surface area (Å²) in [6.07, 6.45) is -0.791. The highest BCUT2D eigenvalue weighted by Crippen LogP contribution is 2.01. The minimum Gasteiger partial charge on any atom is -0.385 e. The Bertz CT molecular complexity index is 201. The van der Waals surface area contributed by atoms with Crippen LogP contribution < -0.4 is 16.5 Å². The molecule has 0 aromatic rings. The third-order valence-electron chi connectivity index (χ3n) is 1.98. The van der Waals surface area contributed by atoms with E-state index >= 15 is 0 Å². The van der Waals surface area contributed by atoms with Crippen molar-refractivity contribution in [2.75, 3.05) is 20.3 Å². The van der Waals surface area contributed by atoms with E-state index in [4.69, 9.17) is 10.6 Å². The summed E-state index contributed by atoms with van der Waals surface area (Å²) in [6.45, 7) is 1.13. The van der Waals surface area contributed by atoms with E-state index in [1.165, 1.54) is 5.01 Å². The van der Waals surface area contributed by atoms with Gasteiger partial charge in [0.05, 0.1) is 0 Å². The fourth-order valence-corrected chi connectivity index (χ4v) is 1.26. The number of rotatable bonds is 5. The van der Waals surface area contributed by atoms with Gasteiger partial charge in [0.2, 0.25) is 0 Å². The third kappa shape index (κ3) is 2.81. The second-order valence-corrected chi connectivity index (χ2v) is 3.09.